The molecule has 7 nitrogen and oxygen atoms in total. The summed E-state index contributed by atoms with van der Waals surface area (Å²) in [5.41, 5.74) is 1.35. The first-order valence-corrected chi connectivity index (χ1v) is 7.30. The van der Waals surface area contributed by atoms with Crippen LogP contribution in [-0.2, 0) is 4.79 Å². The molecule has 1 aliphatic rings. The van der Waals surface area contributed by atoms with Crippen molar-refractivity contribution in [2.24, 2.45) is 0 Å². The van der Waals surface area contributed by atoms with E-state index in [9.17, 15) is 14.9 Å². The predicted octanol–water partition coefficient (Wildman–Crippen LogP) is 2.52. The van der Waals surface area contributed by atoms with Crippen molar-refractivity contribution in [3.05, 3.63) is 58.3 Å². The van der Waals surface area contributed by atoms with Gasteiger partial charge in [-0.25, -0.2) is 4.98 Å². The average molecular weight is 312 g/mol. The maximum Gasteiger partial charge on any atom is 0.290 e. The Balaban J connectivity index is 1.73. The number of carbonyl (C=O) groups is 1. The first-order valence-electron chi connectivity index (χ1n) is 7.30. The summed E-state index contributed by atoms with van der Waals surface area (Å²) in [4.78, 5) is 28.6. The van der Waals surface area contributed by atoms with Crippen LogP contribution in [0.2, 0.25) is 0 Å². The zero-order valence-electron chi connectivity index (χ0n) is 12.6. The lowest BCUT2D eigenvalue weighted by Gasteiger charge is -2.17. The van der Waals surface area contributed by atoms with Gasteiger partial charge in [0.15, 0.2) is 0 Å². The van der Waals surface area contributed by atoms with Crippen molar-refractivity contribution in [1.82, 2.24) is 4.98 Å². The highest BCUT2D eigenvalue weighted by molar-refractivity contribution is 6.00. The lowest BCUT2D eigenvalue weighted by Crippen LogP contribution is -2.33. The Labute approximate surface area is 133 Å². The number of hydrogen-bond acceptors (Lipinski definition) is 5. The quantitative estimate of drug-likeness (QED) is 0.692. The number of nitrogens with zero attached hydrogens (tertiary/aromatic N) is 3. The minimum atomic E-state index is -0.468. The maximum atomic E-state index is 12.5. The molecule has 1 aromatic carbocycles. The number of carbonyl (C=O) groups excluding carboxylic acids is 1. The highest BCUT2D eigenvalue weighted by Gasteiger charge is 2.32. The summed E-state index contributed by atoms with van der Waals surface area (Å²) in [5, 5.41) is 13.9. The van der Waals surface area contributed by atoms with E-state index in [1.54, 1.807) is 17.9 Å². The number of aromatic nitrogens is 1. The minimum Gasteiger partial charge on any atom is -0.358 e. The molecule has 0 radical (unpaired) electrons. The van der Waals surface area contributed by atoms with E-state index in [-0.39, 0.29) is 17.6 Å². The van der Waals surface area contributed by atoms with Crippen molar-refractivity contribution >= 4 is 23.1 Å². The van der Waals surface area contributed by atoms with E-state index in [0.29, 0.717) is 24.3 Å². The summed E-state index contributed by atoms with van der Waals surface area (Å²) in [7, 11) is 0. The van der Waals surface area contributed by atoms with Crippen LogP contribution in [0.25, 0.3) is 0 Å². The highest BCUT2D eigenvalue weighted by atomic mass is 16.6. The molecule has 1 unspecified atom stereocenters. The molecule has 2 aromatic rings. The average Bonchev–Trinajstić information content (AvgIpc) is 2.89. The van der Waals surface area contributed by atoms with Gasteiger partial charge in [-0.2, -0.15) is 0 Å². The van der Waals surface area contributed by atoms with Crippen molar-refractivity contribution in [2.45, 2.75) is 19.4 Å². The Hall–Kier alpha value is -2.96. The Kier molecular flexibility index (Phi) is 3.92. The van der Waals surface area contributed by atoms with Gasteiger partial charge >= 0.3 is 0 Å². The number of aryl methyl sites for hydroxylation is 1. The molecule has 1 N–H and O–H groups in total. The number of anilines is 2. The first-order chi connectivity index (χ1) is 11.1. The number of nitrogens with one attached hydrogen (secondary N) is 1. The van der Waals surface area contributed by atoms with Crippen LogP contribution in [0.3, 0.4) is 0 Å². The summed E-state index contributed by atoms with van der Waals surface area (Å²) in [6.45, 7) is 2.28. The molecule has 0 aliphatic carbocycles. The second-order valence-corrected chi connectivity index (χ2v) is 5.42. The number of amides is 1. The number of rotatable bonds is 4. The molecule has 1 fully saturated rings. The minimum absolute atomic E-state index is 0.0194. The number of para-hydroxylation sites is 1. The van der Waals surface area contributed by atoms with Gasteiger partial charge in [-0.05, 0) is 31.5 Å². The topological polar surface area (TPSA) is 88.4 Å². The van der Waals surface area contributed by atoms with Crippen molar-refractivity contribution in [3.63, 3.8) is 0 Å². The third-order valence-corrected chi connectivity index (χ3v) is 3.88. The van der Waals surface area contributed by atoms with Gasteiger partial charge in [0.05, 0.1) is 4.92 Å². The molecule has 23 heavy (non-hydrogen) atoms. The third kappa shape index (κ3) is 2.98. The predicted molar refractivity (Wildman–Crippen MR) is 86.5 cm³/mol. The standard InChI is InChI=1S/C16H16N4O3/c1-11-9-15(17-10-14(11)20(22)23)18-13-7-8-19(16(13)21)12-5-3-2-4-6-12/h2-6,9-10,13H,7-8H2,1H3,(H,17,18). The number of nitro groups is 1. The molecular formula is C16H16N4O3. The van der Waals surface area contributed by atoms with Crippen LogP contribution in [0.4, 0.5) is 17.2 Å². The number of benzene rings is 1. The first kappa shape index (κ1) is 15.0. The fourth-order valence-electron chi connectivity index (χ4n) is 2.68. The Morgan fingerprint density at radius 2 is 2.09 bits per heavy atom. The lowest BCUT2D eigenvalue weighted by molar-refractivity contribution is -0.385. The van der Waals surface area contributed by atoms with E-state index in [0.717, 1.165) is 5.69 Å². The van der Waals surface area contributed by atoms with Crippen LogP contribution in [-0.4, -0.2) is 28.4 Å². The molecule has 1 aliphatic heterocycles. The highest BCUT2D eigenvalue weighted by Crippen LogP contribution is 2.24. The fourth-order valence-corrected chi connectivity index (χ4v) is 2.68. The third-order valence-electron chi connectivity index (χ3n) is 3.88. The van der Waals surface area contributed by atoms with Crippen molar-refractivity contribution in [3.8, 4) is 0 Å². The zero-order valence-corrected chi connectivity index (χ0v) is 12.6. The Morgan fingerprint density at radius 3 is 2.74 bits per heavy atom. The number of hydrogen-bond donors (Lipinski definition) is 1. The van der Waals surface area contributed by atoms with Crippen LogP contribution in [0.15, 0.2) is 42.6 Å². The van der Waals surface area contributed by atoms with E-state index >= 15 is 0 Å². The van der Waals surface area contributed by atoms with Gasteiger partial charge in [0.25, 0.3) is 5.69 Å². The SMILES string of the molecule is Cc1cc(NC2CCN(c3ccccc3)C2=O)ncc1[N+](=O)[O-]. The van der Waals surface area contributed by atoms with Gasteiger partial charge in [-0.1, -0.05) is 18.2 Å². The molecule has 118 valence electrons. The molecule has 1 amide bonds. The fraction of sp³-hybridized carbons (Fsp3) is 0.250. The molecule has 0 spiro atoms. The van der Waals surface area contributed by atoms with Crippen LogP contribution >= 0.6 is 0 Å². The van der Waals surface area contributed by atoms with Crippen molar-refractivity contribution in [1.29, 1.82) is 0 Å². The van der Waals surface area contributed by atoms with E-state index in [1.807, 2.05) is 30.3 Å². The normalized spacial score (nSPS) is 17.3. The van der Waals surface area contributed by atoms with Gasteiger partial charge < -0.3 is 10.2 Å². The monoisotopic (exact) mass is 312 g/mol. The van der Waals surface area contributed by atoms with Crippen LogP contribution < -0.4 is 10.2 Å². The van der Waals surface area contributed by atoms with Gasteiger partial charge in [-0.15, -0.1) is 0 Å². The van der Waals surface area contributed by atoms with Crippen LogP contribution in [0.5, 0.6) is 0 Å². The second-order valence-electron chi connectivity index (χ2n) is 5.42. The molecule has 1 aromatic heterocycles. The molecule has 7 heteroatoms. The van der Waals surface area contributed by atoms with E-state index in [1.165, 1.54) is 6.20 Å². The Morgan fingerprint density at radius 1 is 1.35 bits per heavy atom. The lowest BCUT2D eigenvalue weighted by atomic mass is 10.2. The molecular weight excluding hydrogens is 296 g/mol. The van der Waals surface area contributed by atoms with E-state index < -0.39 is 4.92 Å². The van der Waals surface area contributed by atoms with Gasteiger partial charge in [-0.3, -0.25) is 14.9 Å². The summed E-state index contributed by atoms with van der Waals surface area (Å²) in [5.74, 6) is 0.454. The summed E-state index contributed by atoms with van der Waals surface area (Å²) < 4.78 is 0. The van der Waals surface area contributed by atoms with Gasteiger partial charge in [0.2, 0.25) is 5.91 Å². The van der Waals surface area contributed by atoms with Gasteiger partial charge in [0, 0.05) is 17.8 Å². The summed E-state index contributed by atoms with van der Waals surface area (Å²) in [6, 6.07) is 10.7. The van der Waals surface area contributed by atoms with Crippen LogP contribution in [0, 0.1) is 17.0 Å². The largest absolute Gasteiger partial charge is 0.358 e. The molecule has 1 saturated heterocycles. The molecule has 2 heterocycles. The maximum absolute atomic E-state index is 12.5. The molecule has 0 bridgehead atoms. The second kappa shape index (κ2) is 6.04. The zero-order chi connectivity index (χ0) is 16.4. The Bertz CT molecular complexity index is 748. The summed E-state index contributed by atoms with van der Waals surface area (Å²) in [6.07, 6.45) is 1.87. The number of pyridine rings is 1. The van der Waals surface area contributed by atoms with Crippen molar-refractivity contribution < 1.29 is 9.72 Å². The molecule has 1 atom stereocenters. The van der Waals surface area contributed by atoms with Gasteiger partial charge in [0.1, 0.15) is 18.1 Å². The smallest absolute Gasteiger partial charge is 0.290 e. The van der Waals surface area contributed by atoms with E-state index in [4.69, 9.17) is 0 Å². The molecule has 3 rings (SSSR count). The molecule has 0 saturated carbocycles. The van der Waals surface area contributed by atoms with Crippen molar-refractivity contribution in [2.75, 3.05) is 16.8 Å². The summed E-state index contributed by atoms with van der Waals surface area (Å²) >= 11 is 0. The van der Waals surface area contributed by atoms with E-state index in [2.05, 4.69) is 10.3 Å². The van der Waals surface area contributed by atoms with Crippen LogP contribution in [0.1, 0.15) is 12.0 Å².